The maximum Gasteiger partial charge on any atom is 0.152 e. The molecule has 7 nitrogen and oxygen atoms in total. The van der Waals surface area contributed by atoms with Gasteiger partial charge in [0.05, 0.1) is 5.39 Å². The molecule has 0 aromatic carbocycles. The summed E-state index contributed by atoms with van der Waals surface area (Å²) in [6, 6.07) is 5.89. The Morgan fingerprint density at radius 3 is 2.82 bits per heavy atom. The number of anilines is 1. The van der Waals surface area contributed by atoms with Crippen molar-refractivity contribution in [3.05, 3.63) is 47.7 Å². The predicted molar refractivity (Wildman–Crippen MR) is 105 cm³/mol. The first-order chi connectivity index (χ1) is 13.7. The Hall–Kier alpha value is -3.22. The lowest BCUT2D eigenvalue weighted by atomic mass is 9.94. The minimum Gasteiger partial charge on any atom is -0.383 e. The molecule has 1 atom stereocenters. The maximum atomic E-state index is 6.35. The van der Waals surface area contributed by atoms with Crippen LogP contribution in [0.25, 0.3) is 28.1 Å². The van der Waals surface area contributed by atoms with Crippen molar-refractivity contribution in [3.8, 4) is 17.1 Å². The molecule has 4 heterocycles. The second-order valence-corrected chi connectivity index (χ2v) is 7.83. The maximum absolute atomic E-state index is 6.35. The zero-order valence-electron chi connectivity index (χ0n) is 15.6. The molecule has 2 aliphatic carbocycles. The third kappa shape index (κ3) is 2.10. The van der Waals surface area contributed by atoms with Gasteiger partial charge in [0.25, 0.3) is 0 Å². The molecule has 6 rings (SSSR count). The van der Waals surface area contributed by atoms with E-state index in [0.29, 0.717) is 17.7 Å². The molecular weight excluding hydrogens is 352 g/mol. The van der Waals surface area contributed by atoms with Gasteiger partial charge >= 0.3 is 0 Å². The van der Waals surface area contributed by atoms with Gasteiger partial charge in [0.1, 0.15) is 29.4 Å². The van der Waals surface area contributed by atoms with E-state index in [1.165, 1.54) is 24.7 Å². The van der Waals surface area contributed by atoms with Gasteiger partial charge in [-0.25, -0.2) is 15.0 Å². The summed E-state index contributed by atoms with van der Waals surface area (Å²) in [5.41, 5.74) is 11.4. The van der Waals surface area contributed by atoms with Crippen molar-refractivity contribution in [2.75, 3.05) is 5.73 Å². The monoisotopic (exact) mass is 372 g/mol. The Morgan fingerprint density at radius 2 is 2.04 bits per heavy atom. The van der Waals surface area contributed by atoms with Crippen molar-refractivity contribution in [2.24, 2.45) is 0 Å². The Kier molecular flexibility index (Phi) is 3.18. The molecule has 0 radical (unpaired) electrons. The van der Waals surface area contributed by atoms with E-state index in [1.54, 1.807) is 6.20 Å². The summed E-state index contributed by atoms with van der Waals surface area (Å²) in [6.45, 7) is 2.26. The SMILES string of the molecule is CC1CCc2c(c3c(N)ncnc3n2-c2ccccn2)-c2noc(C3CC3)c21. The molecule has 4 aromatic heterocycles. The van der Waals surface area contributed by atoms with Crippen molar-refractivity contribution >= 4 is 16.9 Å². The average molecular weight is 372 g/mol. The summed E-state index contributed by atoms with van der Waals surface area (Å²) in [4.78, 5) is 13.4. The fraction of sp³-hybridized carbons (Fsp3) is 0.333. The number of nitrogens with two attached hydrogens (primary N) is 1. The molecule has 1 fully saturated rings. The molecule has 140 valence electrons. The summed E-state index contributed by atoms with van der Waals surface area (Å²) in [6.07, 6.45) is 7.58. The summed E-state index contributed by atoms with van der Waals surface area (Å²) < 4.78 is 7.98. The normalized spacial score (nSPS) is 18.7. The molecular formula is C21H20N6O. The van der Waals surface area contributed by atoms with Crippen molar-refractivity contribution < 1.29 is 4.52 Å². The van der Waals surface area contributed by atoms with Gasteiger partial charge < -0.3 is 10.3 Å². The third-order valence-corrected chi connectivity index (χ3v) is 6.00. The van der Waals surface area contributed by atoms with Crippen molar-refractivity contribution in [1.82, 2.24) is 24.7 Å². The van der Waals surface area contributed by atoms with Gasteiger partial charge in [0.2, 0.25) is 0 Å². The van der Waals surface area contributed by atoms with Crippen LogP contribution in [0.2, 0.25) is 0 Å². The lowest BCUT2D eigenvalue weighted by Crippen LogP contribution is -2.04. The molecule has 2 N–H and O–H groups in total. The van der Waals surface area contributed by atoms with Crippen molar-refractivity contribution in [3.63, 3.8) is 0 Å². The van der Waals surface area contributed by atoms with Crippen LogP contribution in [-0.2, 0) is 6.42 Å². The molecule has 4 aromatic rings. The molecule has 0 aliphatic heterocycles. The third-order valence-electron chi connectivity index (χ3n) is 6.00. The van der Waals surface area contributed by atoms with Crippen molar-refractivity contribution in [2.45, 2.75) is 44.4 Å². The van der Waals surface area contributed by atoms with Crippen LogP contribution in [0, 0.1) is 0 Å². The number of nitrogens with zero attached hydrogens (tertiary/aromatic N) is 5. The topological polar surface area (TPSA) is 95.7 Å². The quantitative estimate of drug-likeness (QED) is 0.572. The number of aromatic nitrogens is 5. The standard InChI is InChI=1S/C21H20N6O/c1-11-5-8-13-16(18-15(11)19(28-26-18)12-6-7-12)17-20(22)24-10-25-21(17)27(13)14-4-2-3-9-23-14/h2-4,9-12H,5-8H2,1H3,(H2,22,24,25). The van der Waals surface area contributed by atoms with E-state index in [1.807, 2.05) is 18.2 Å². The van der Waals surface area contributed by atoms with Gasteiger partial charge in [0, 0.05) is 28.9 Å². The summed E-state index contributed by atoms with van der Waals surface area (Å²) >= 11 is 0. The lowest BCUT2D eigenvalue weighted by Gasteiger charge is -2.11. The molecule has 0 saturated heterocycles. The number of hydrogen-bond acceptors (Lipinski definition) is 6. The van der Waals surface area contributed by atoms with Crippen LogP contribution < -0.4 is 5.73 Å². The van der Waals surface area contributed by atoms with Gasteiger partial charge in [0.15, 0.2) is 5.65 Å². The fourth-order valence-electron chi connectivity index (χ4n) is 4.51. The number of fused-ring (bicyclic) bond motifs is 5. The molecule has 1 saturated carbocycles. The van der Waals surface area contributed by atoms with Crippen LogP contribution in [0.4, 0.5) is 5.82 Å². The van der Waals surface area contributed by atoms with Gasteiger partial charge in [-0.15, -0.1) is 0 Å². The largest absolute Gasteiger partial charge is 0.383 e. The van der Waals surface area contributed by atoms with Crippen molar-refractivity contribution in [1.29, 1.82) is 0 Å². The average Bonchev–Trinajstić information content (AvgIpc) is 3.40. The first-order valence-corrected chi connectivity index (χ1v) is 9.79. The van der Waals surface area contributed by atoms with E-state index in [4.69, 9.17) is 10.3 Å². The van der Waals surface area contributed by atoms with Crippen LogP contribution in [0.3, 0.4) is 0 Å². The smallest absolute Gasteiger partial charge is 0.152 e. The Bertz CT molecular complexity index is 1200. The number of pyridine rings is 1. The summed E-state index contributed by atoms with van der Waals surface area (Å²) in [5, 5.41) is 5.39. The van der Waals surface area contributed by atoms with Crippen LogP contribution in [-0.4, -0.2) is 24.7 Å². The molecule has 0 amide bonds. The van der Waals surface area contributed by atoms with E-state index in [2.05, 4.69) is 31.6 Å². The second-order valence-electron chi connectivity index (χ2n) is 7.83. The van der Waals surface area contributed by atoms with Crippen LogP contribution in [0.5, 0.6) is 0 Å². The number of rotatable bonds is 2. The van der Waals surface area contributed by atoms with E-state index < -0.39 is 0 Å². The molecule has 2 aliphatic rings. The summed E-state index contributed by atoms with van der Waals surface area (Å²) in [7, 11) is 0. The minimum absolute atomic E-state index is 0.377. The van der Waals surface area contributed by atoms with E-state index in [0.717, 1.165) is 52.4 Å². The molecule has 0 spiro atoms. The number of nitrogen functional groups attached to an aromatic ring is 1. The Labute approximate surface area is 161 Å². The number of hydrogen-bond donors (Lipinski definition) is 1. The van der Waals surface area contributed by atoms with Crippen LogP contribution in [0.1, 0.15) is 55.0 Å². The van der Waals surface area contributed by atoms with Gasteiger partial charge in [-0.05, 0) is 43.7 Å². The highest BCUT2D eigenvalue weighted by atomic mass is 16.5. The Balaban J connectivity index is 1.74. The molecule has 1 unspecified atom stereocenters. The van der Waals surface area contributed by atoms with E-state index in [-0.39, 0.29) is 0 Å². The Morgan fingerprint density at radius 1 is 1.14 bits per heavy atom. The van der Waals surface area contributed by atoms with Gasteiger partial charge in [-0.2, -0.15) is 0 Å². The predicted octanol–water partition coefficient (Wildman–Crippen LogP) is 3.98. The zero-order valence-corrected chi connectivity index (χ0v) is 15.6. The van der Waals surface area contributed by atoms with Crippen LogP contribution in [0.15, 0.2) is 35.2 Å². The lowest BCUT2D eigenvalue weighted by molar-refractivity contribution is 0.382. The van der Waals surface area contributed by atoms with E-state index >= 15 is 0 Å². The van der Waals surface area contributed by atoms with Gasteiger partial charge in [-0.1, -0.05) is 18.1 Å². The van der Waals surface area contributed by atoms with E-state index in [9.17, 15) is 0 Å². The van der Waals surface area contributed by atoms with Crippen LogP contribution >= 0.6 is 0 Å². The van der Waals surface area contributed by atoms with Gasteiger partial charge in [-0.3, -0.25) is 4.57 Å². The molecule has 28 heavy (non-hydrogen) atoms. The fourth-order valence-corrected chi connectivity index (χ4v) is 4.51. The zero-order chi connectivity index (χ0) is 18.8. The second kappa shape index (κ2) is 5.64. The highest BCUT2D eigenvalue weighted by Crippen LogP contribution is 2.50. The highest BCUT2D eigenvalue weighted by Gasteiger charge is 2.38. The minimum atomic E-state index is 0.377. The highest BCUT2D eigenvalue weighted by molar-refractivity contribution is 6.03. The molecule has 7 heteroatoms. The molecule has 0 bridgehead atoms. The summed E-state index contributed by atoms with van der Waals surface area (Å²) in [5.74, 6) is 3.24. The first kappa shape index (κ1) is 15.8. The first-order valence-electron chi connectivity index (χ1n) is 9.79.